The van der Waals surface area contributed by atoms with Crippen LogP contribution < -0.4 is 14.8 Å². The zero-order chi connectivity index (χ0) is 28.2. The van der Waals surface area contributed by atoms with E-state index >= 15 is 0 Å². The Hall–Kier alpha value is -3.26. The van der Waals surface area contributed by atoms with Crippen molar-refractivity contribution in [3.05, 3.63) is 93.5 Å². The fraction of sp³-hybridized carbons (Fsp3) is 0.355. The molecule has 3 aromatic carbocycles. The third-order valence-electron chi connectivity index (χ3n) is 7.10. The molecule has 2 aliphatic heterocycles. The number of aliphatic imine (C=N–C) groups is 1. The first-order valence-corrected chi connectivity index (χ1v) is 14.3. The van der Waals surface area contributed by atoms with Gasteiger partial charge in [-0.15, -0.1) is 0 Å². The summed E-state index contributed by atoms with van der Waals surface area (Å²) < 4.78 is 11.7. The monoisotopic (exact) mass is 580 g/mol. The van der Waals surface area contributed by atoms with Crippen LogP contribution in [-0.2, 0) is 0 Å². The van der Waals surface area contributed by atoms with Gasteiger partial charge in [-0.3, -0.25) is 9.89 Å². The molecule has 1 N–H and O–H groups in total. The van der Waals surface area contributed by atoms with Crippen LogP contribution in [0.4, 0.5) is 4.79 Å². The van der Waals surface area contributed by atoms with Crippen LogP contribution in [0.15, 0.2) is 71.7 Å². The average molecular weight is 582 g/mol. The third kappa shape index (κ3) is 6.07. The highest BCUT2D eigenvalue weighted by Crippen LogP contribution is 2.45. The van der Waals surface area contributed by atoms with Crippen molar-refractivity contribution in [3.8, 4) is 11.5 Å². The van der Waals surface area contributed by atoms with E-state index in [0.29, 0.717) is 40.5 Å². The first-order valence-electron chi connectivity index (χ1n) is 13.6. The Labute approximate surface area is 245 Å². The van der Waals surface area contributed by atoms with E-state index in [2.05, 4.69) is 5.32 Å². The van der Waals surface area contributed by atoms with Crippen molar-refractivity contribution in [3.63, 3.8) is 0 Å². The lowest BCUT2D eigenvalue weighted by Crippen LogP contribution is -2.47. The molecule has 2 aliphatic rings. The molecule has 1 saturated heterocycles. The number of hydrogen-bond donors (Lipinski definition) is 1. The van der Waals surface area contributed by atoms with Gasteiger partial charge in [0.2, 0.25) is 0 Å². The van der Waals surface area contributed by atoms with Crippen LogP contribution in [0.1, 0.15) is 49.0 Å². The molecule has 0 aliphatic carbocycles. The second-order valence-electron chi connectivity index (χ2n) is 10.2. The van der Waals surface area contributed by atoms with Crippen LogP contribution in [0.2, 0.25) is 10.0 Å². The Morgan fingerprint density at radius 2 is 1.62 bits per heavy atom. The van der Waals surface area contributed by atoms with Crippen LogP contribution in [0.25, 0.3) is 0 Å². The fourth-order valence-electron chi connectivity index (χ4n) is 5.21. The van der Waals surface area contributed by atoms with Gasteiger partial charge in [0.05, 0.1) is 24.8 Å². The number of ether oxygens (including phenoxy) is 2. The maximum atomic E-state index is 14.5. The van der Waals surface area contributed by atoms with Crippen molar-refractivity contribution in [2.75, 3.05) is 33.3 Å². The quantitative estimate of drug-likeness (QED) is 0.350. The summed E-state index contributed by atoms with van der Waals surface area (Å²) in [5, 5.41) is 4.66. The van der Waals surface area contributed by atoms with Crippen LogP contribution in [-0.4, -0.2) is 61.1 Å². The second kappa shape index (κ2) is 12.5. The number of nitrogens with zero attached hydrogens (tertiary/aromatic N) is 3. The molecule has 1 fully saturated rings. The predicted octanol–water partition coefficient (Wildman–Crippen LogP) is 6.75. The van der Waals surface area contributed by atoms with E-state index in [0.717, 1.165) is 36.2 Å². The lowest BCUT2D eigenvalue weighted by molar-refractivity contribution is 0.166. The number of amidine groups is 1. The normalized spacial score (nSPS) is 19.4. The summed E-state index contributed by atoms with van der Waals surface area (Å²) >= 11 is 12.5. The molecule has 2 amide bonds. The molecule has 210 valence electrons. The first kappa shape index (κ1) is 28.3. The topological polar surface area (TPSA) is 66.4 Å². The van der Waals surface area contributed by atoms with Gasteiger partial charge in [-0.2, -0.15) is 0 Å². The summed E-state index contributed by atoms with van der Waals surface area (Å²) in [4.78, 5) is 23.5. The fourth-order valence-corrected chi connectivity index (χ4v) is 5.46. The molecule has 0 saturated carbocycles. The van der Waals surface area contributed by atoms with Crippen LogP contribution in [0.5, 0.6) is 11.5 Å². The van der Waals surface area contributed by atoms with E-state index in [1.165, 1.54) is 0 Å². The van der Waals surface area contributed by atoms with Crippen molar-refractivity contribution in [2.45, 2.75) is 38.5 Å². The summed E-state index contributed by atoms with van der Waals surface area (Å²) in [6, 6.07) is 20.1. The molecule has 9 heteroatoms. The van der Waals surface area contributed by atoms with Crippen LogP contribution in [0.3, 0.4) is 0 Å². The van der Waals surface area contributed by atoms with Gasteiger partial charge in [-0.25, -0.2) is 4.79 Å². The van der Waals surface area contributed by atoms with Gasteiger partial charge in [0.15, 0.2) is 0 Å². The third-order valence-corrected chi connectivity index (χ3v) is 7.60. The van der Waals surface area contributed by atoms with E-state index in [9.17, 15) is 4.79 Å². The van der Waals surface area contributed by atoms with Crippen molar-refractivity contribution in [2.24, 2.45) is 4.99 Å². The van der Waals surface area contributed by atoms with Crippen molar-refractivity contribution in [1.29, 1.82) is 0 Å². The van der Waals surface area contributed by atoms with E-state index < -0.39 is 6.04 Å². The lowest BCUT2D eigenvalue weighted by atomic mass is 9.93. The number of carbonyl (C=O) groups is 1. The average Bonchev–Trinajstić information content (AvgIpc) is 3.12. The molecule has 0 spiro atoms. The van der Waals surface area contributed by atoms with E-state index in [-0.39, 0.29) is 18.2 Å². The summed E-state index contributed by atoms with van der Waals surface area (Å²) in [6.07, 6.45) is 0.788. The number of amides is 2. The SMILES string of the molecule is COc1ccc(C2=NC(c3ccc(Cl)cc3)C(c3ccc(Cl)cc3)N2C(=O)N2CCCNCC2)c(OC(C)C)c1. The molecule has 7 nitrogen and oxygen atoms in total. The maximum absolute atomic E-state index is 14.5. The van der Waals surface area contributed by atoms with Gasteiger partial charge < -0.3 is 19.7 Å². The molecular formula is C31H34Cl2N4O3. The van der Waals surface area contributed by atoms with Gasteiger partial charge in [-0.1, -0.05) is 47.5 Å². The number of carbonyl (C=O) groups excluding carboxylic acids is 1. The summed E-state index contributed by atoms with van der Waals surface area (Å²) in [6.45, 7) is 6.83. The summed E-state index contributed by atoms with van der Waals surface area (Å²) in [5.41, 5.74) is 2.62. The van der Waals surface area contributed by atoms with Gasteiger partial charge in [-0.05, 0) is 74.3 Å². The number of rotatable bonds is 6. The maximum Gasteiger partial charge on any atom is 0.326 e. The highest BCUT2D eigenvalue weighted by molar-refractivity contribution is 6.30. The van der Waals surface area contributed by atoms with E-state index in [1.807, 2.05) is 90.4 Å². The van der Waals surface area contributed by atoms with Crippen LogP contribution in [0, 0.1) is 0 Å². The molecule has 5 rings (SSSR count). The van der Waals surface area contributed by atoms with Crippen molar-refractivity contribution in [1.82, 2.24) is 15.1 Å². The minimum Gasteiger partial charge on any atom is -0.497 e. The molecular weight excluding hydrogens is 547 g/mol. The van der Waals surface area contributed by atoms with Gasteiger partial charge >= 0.3 is 6.03 Å². The number of nitrogens with one attached hydrogen (secondary N) is 1. The van der Waals surface area contributed by atoms with Crippen LogP contribution >= 0.6 is 23.2 Å². The Morgan fingerprint density at radius 3 is 2.27 bits per heavy atom. The highest BCUT2D eigenvalue weighted by atomic mass is 35.5. The minimum absolute atomic E-state index is 0.0900. The number of methoxy groups -OCH3 is 1. The minimum atomic E-state index is -0.411. The Balaban J connectivity index is 1.70. The largest absolute Gasteiger partial charge is 0.497 e. The molecule has 0 aromatic heterocycles. The van der Waals surface area contributed by atoms with E-state index in [1.54, 1.807) is 7.11 Å². The Morgan fingerprint density at radius 1 is 0.950 bits per heavy atom. The van der Waals surface area contributed by atoms with Crippen molar-refractivity contribution < 1.29 is 14.3 Å². The first-order chi connectivity index (χ1) is 19.4. The second-order valence-corrected chi connectivity index (χ2v) is 11.1. The smallest absolute Gasteiger partial charge is 0.326 e. The van der Waals surface area contributed by atoms with Gasteiger partial charge in [0.25, 0.3) is 0 Å². The van der Waals surface area contributed by atoms with E-state index in [4.69, 9.17) is 37.7 Å². The van der Waals surface area contributed by atoms with Gasteiger partial charge in [0, 0.05) is 35.7 Å². The zero-order valence-corrected chi connectivity index (χ0v) is 24.5. The number of urea groups is 1. The molecule has 2 heterocycles. The lowest BCUT2D eigenvalue weighted by Gasteiger charge is -2.34. The molecule has 2 unspecified atom stereocenters. The molecule has 2 atom stereocenters. The zero-order valence-electron chi connectivity index (χ0n) is 22.9. The predicted molar refractivity (Wildman–Crippen MR) is 160 cm³/mol. The van der Waals surface area contributed by atoms with Crippen molar-refractivity contribution >= 4 is 35.1 Å². The highest BCUT2D eigenvalue weighted by Gasteiger charge is 2.44. The molecule has 0 radical (unpaired) electrons. The summed E-state index contributed by atoms with van der Waals surface area (Å²) in [5.74, 6) is 1.83. The molecule has 3 aromatic rings. The number of hydrogen-bond acceptors (Lipinski definition) is 5. The number of benzene rings is 3. The molecule has 0 bridgehead atoms. The standard InChI is InChI=1S/C31H34Cl2N4O3/c1-20(2)40-27-19-25(39-3)13-14-26(27)30-35-28(21-5-9-23(32)10-6-21)29(22-7-11-24(33)12-8-22)37(30)31(38)36-17-4-15-34-16-18-36/h5-14,19-20,28-29,34H,4,15-18H2,1-3H3. The number of halogens is 2. The Kier molecular flexibility index (Phi) is 8.84. The molecule has 40 heavy (non-hydrogen) atoms. The summed E-state index contributed by atoms with van der Waals surface area (Å²) in [7, 11) is 1.62. The Bertz CT molecular complexity index is 1350. The van der Waals surface area contributed by atoms with Gasteiger partial charge in [0.1, 0.15) is 23.4 Å².